The molecule has 0 spiro atoms. The lowest BCUT2D eigenvalue weighted by Crippen LogP contribution is -2.22. The maximum Gasteiger partial charge on any atom is 0.256 e. The molecule has 1 atom stereocenters. The number of thiophene rings is 1. The van der Waals surface area contributed by atoms with Crippen molar-refractivity contribution >= 4 is 51.4 Å². The summed E-state index contributed by atoms with van der Waals surface area (Å²) in [6.45, 7) is 2.20. The molecule has 0 bridgehead atoms. The predicted octanol–water partition coefficient (Wildman–Crippen LogP) is 4.79. The highest BCUT2D eigenvalue weighted by molar-refractivity contribution is 7.17. The summed E-state index contributed by atoms with van der Waals surface area (Å²) in [6, 6.07) is 4.68. The quantitative estimate of drug-likeness (QED) is 0.782. The molecular weight excluding hydrogens is 379 g/mol. The highest BCUT2D eigenvalue weighted by Gasteiger charge is 2.28. The molecule has 7 heteroatoms. The smallest absolute Gasteiger partial charge is 0.256 e. The molecule has 1 heterocycles. The van der Waals surface area contributed by atoms with Gasteiger partial charge in [-0.1, -0.05) is 30.1 Å². The van der Waals surface area contributed by atoms with Gasteiger partial charge in [0, 0.05) is 27.5 Å². The van der Waals surface area contributed by atoms with Crippen LogP contribution in [0.3, 0.4) is 0 Å². The molecule has 1 aromatic heterocycles. The van der Waals surface area contributed by atoms with E-state index in [4.69, 9.17) is 23.2 Å². The molecule has 1 aliphatic carbocycles. The van der Waals surface area contributed by atoms with Crippen molar-refractivity contribution in [3.63, 3.8) is 0 Å². The lowest BCUT2D eigenvalue weighted by atomic mass is 9.88. The van der Waals surface area contributed by atoms with Gasteiger partial charge in [0.25, 0.3) is 11.8 Å². The molecule has 4 nitrogen and oxygen atoms in total. The van der Waals surface area contributed by atoms with Crippen molar-refractivity contribution in [2.45, 2.75) is 26.2 Å². The molecule has 1 aliphatic rings. The summed E-state index contributed by atoms with van der Waals surface area (Å²) in [5.74, 6) is 0.0756. The SMILES string of the molecule is CNC(=O)c1c(NC(=O)c2cc(Cl)cc(Cl)c2)sc2c1CC[C@H](C)C2. The van der Waals surface area contributed by atoms with Crippen molar-refractivity contribution in [3.05, 3.63) is 49.8 Å². The summed E-state index contributed by atoms with van der Waals surface area (Å²) in [4.78, 5) is 26.2. The molecule has 3 rings (SSSR count). The minimum atomic E-state index is -0.332. The monoisotopic (exact) mass is 396 g/mol. The van der Waals surface area contributed by atoms with Gasteiger partial charge < -0.3 is 10.6 Å². The fourth-order valence-electron chi connectivity index (χ4n) is 3.06. The first-order valence-corrected chi connectivity index (χ1v) is 9.60. The van der Waals surface area contributed by atoms with Crippen LogP contribution < -0.4 is 10.6 Å². The summed E-state index contributed by atoms with van der Waals surface area (Å²) in [7, 11) is 1.60. The normalized spacial score (nSPS) is 16.2. The summed E-state index contributed by atoms with van der Waals surface area (Å²) in [6.07, 6.45) is 2.84. The fraction of sp³-hybridized carbons (Fsp3) is 0.333. The van der Waals surface area contributed by atoms with Crippen molar-refractivity contribution in [1.29, 1.82) is 0 Å². The van der Waals surface area contributed by atoms with Crippen molar-refractivity contribution in [3.8, 4) is 0 Å². The van der Waals surface area contributed by atoms with Gasteiger partial charge in [-0.05, 0) is 48.9 Å². The summed E-state index contributed by atoms with van der Waals surface area (Å²) >= 11 is 13.4. The maximum absolute atomic E-state index is 12.6. The second-order valence-electron chi connectivity index (χ2n) is 6.25. The van der Waals surface area contributed by atoms with Crippen molar-refractivity contribution in [1.82, 2.24) is 5.32 Å². The van der Waals surface area contributed by atoms with Gasteiger partial charge in [-0.25, -0.2) is 0 Å². The van der Waals surface area contributed by atoms with E-state index in [1.54, 1.807) is 25.2 Å². The van der Waals surface area contributed by atoms with E-state index < -0.39 is 0 Å². The van der Waals surface area contributed by atoms with E-state index >= 15 is 0 Å². The number of carbonyl (C=O) groups is 2. The zero-order chi connectivity index (χ0) is 18.1. The van der Waals surface area contributed by atoms with E-state index in [9.17, 15) is 9.59 Å². The van der Waals surface area contributed by atoms with Crippen LogP contribution in [0.25, 0.3) is 0 Å². The molecule has 0 saturated heterocycles. The Labute approximate surface area is 160 Å². The minimum Gasteiger partial charge on any atom is -0.355 e. The highest BCUT2D eigenvalue weighted by Crippen LogP contribution is 2.39. The first-order valence-electron chi connectivity index (χ1n) is 8.03. The predicted molar refractivity (Wildman–Crippen MR) is 103 cm³/mol. The third-order valence-corrected chi connectivity index (χ3v) is 5.92. The van der Waals surface area contributed by atoms with Crippen LogP contribution in [0.2, 0.25) is 10.0 Å². The van der Waals surface area contributed by atoms with Gasteiger partial charge in [0.1, 0.15) is 5.00 Å². The Hall–Kier alpha value is -1.56. The maximum atomic E-state index is 12.6. The molecule has 2 aromatic rings. The Morgan fingerprint density at radius 2 is 1.84 bits per heavy atom. The molecule has 2 N–H and O–H groups in total. The van der Waals surface area contributed by atoms with Gasteiger partial charge in [0.15, 0.2) is 0 Å². The average Bonchev–Trinajstić information content (AvgIpc) is 2.90. The van der Waals surface area contributed by atoms with Crippen LogP contribution in [0, 0.1) is 5.92 Å². The molecular formula is C18H18Cl2N2O2S. The van der Waals surface area contributed by atoms with Crippen LogP contribution in [0.5, 0.6) is 0 Å². The molecule has 25 heavy (non-hydrogen) atoms. The Kier molecular flexibility index (Phi) is 5.37. The van der Waals surface area contributed by atoms with E-state index in [0.717, 1.165) is 24.8 Å². The van der Waals surface area contributed by atoms with Crippen LogP contribution in [0.4, 0.5) is 5.00 Å². The molecule has 0 aliphatic heterocycles. The Morgan fingerprint density at radius 1 is 1.16 bits per heavy atom. The van der Waals surface area contributed by atoms with E-state index in [1.165, 1.54) is 16.2 Å². The van der Waals surface area contributed by atoms with E-state index in [2.05, 4.69) is 17.6 Å². The minimum absolute atomic E-state index is 0.175. The molecule has 1 aromatic carbocycles. The number of fused-ring (bicyclic) bond motifs is 1. The van der Waals surface area contributed by atoms with Crippen molar-refractivity contribution < 1.29 is 9.59 Å². The number of amides is 2. The fourth-order valence-corrected chi connectivity index (χ4v) is 4.99. The van der Waals surface area contributed by atoms with Gasteiger partial charge in [-0.15, -0.1) is 11.3 Å². The van der Waals surface area contributed by atoms with Crippen LogP contribution in [-0.2, 0) is 12.8 Å². The Bertz CT molecular complexity index is 828. The van der Waals surface area contributed by atoms with Crippen LogP contribution in [0.1, 0.15) is 44.5 Å². The number of anilines is 1. The molecule has 0 radical (unpaired) electrons. The lowest BCUT2D eigenvalue weighted by Gasteiger charge is -2.18. The van der Waals surface area contributed by atoms with E-state index in [1.807, 2.05) is 0 Å². The first kappa shape index (κ1) is 18.2. The number of halogens is 2. The molecule has 0 fully saturated rings. The zero-order valence-electron chi connectivity index (χ0n) is 13.9. The van der Waals surface area contributed by atoms with Crippen molar-refractivity contribution in [2.24, 2.45) is 5.92 Å². The van der Waals surface area contributed by atoms with Crippen molar-refractivity contribution in [2.75, 3.05) is 12.4 Å². The van der Waals surface area contributed by atoms with Gasteiger partial charge in [-0.3, -0.25) is 9.59 Å². The summed E-state index contributed by atoms with van der Waals surface area (Å²) in [5, 5.41) is 6.91. The second kappa shape index (κ2) is 7.36. The third-order valence-electron chi connectivity index (χ3n) is 4.32. The molecule has 2 amide bonds. The number of hydrogen-bond acceptors (Lipinski definition) is 3. The first-order chi connectivity index (χ1) is 11.9. The van der Waals surface area contributed by atoms with Gasteiger partial charge in [-0.2, -0.15) is 0 Å². The largest absolute Gasteiger partial charge is 0.355 e. The molecule has 132 valence electrons. The number of hydrogen-bond donors (Lipinski definition) is 2. The van der Waals surface area contributed by atoms with Gasteiger partial charge in [0.05, 0.1) is 5.56 Å². The van der Waals surface area contributed by atoms with E-state index in [-0.39, 0.29) is 11.8 Å². The Morgan fingerprint density at radius 3 is 2.48 bits per heavy atom. The number of carbonyl (C=O) groups excluding carboxylic acids is 2. The number of nitrogens with one attached hydrogen (secondary N) is 2. The van der Waals surface area contributed by atoms with Crippen LogP contribution in [-0.4, -0.2) is 18.9 Å². The third kappa shape index (κ3) is 3.84. The molecule has 0 saturated carbocycles. The topological polar surface area (TPSA) is 58.2 Å². The van der Waals surface area contributed by atoms with Crippen LogP contribution >= 0.6 is 34.5 Å². The highest BCUT2D eigenvalue weighted by atomic mass is 35.5. The number of rotatable bonds is 3. The lowest BCUT2D eigenvalue weighted by molar-refractivity contribution is 0.0963. The van der Waals surface area contributed by atoms with E-state index in [0.29, 0.717) is 32.1 Å². The summed E-state index contributed by atoms with van der Waals surface area (Å²) < 4.78 is 0. The van der Waals surface area contributed by atoms with Gasteiger partial charge >= 0.3 is 0 Å². The van der Waals surface area contributed by atoms with Gasteiger partial charge in [0.2, 0.25) is 0 Å². The summed E-state index contributed by atoms with van der Waals surface area (Å²) in [5.41, 5.74) is 2.00. The van der Waals surface area contributed by atoms with Crippen LogP contribution in [0.15, 0.2) is 18.2 Å². The standard InChI is InChI=1S/C18H18Cl2N2O2S/c1-9-3-4-13-14(5-9)25-18(15(13)17(24)21-2)22-16(23)10-6-11(19)8-12(20)7-10/h6-9H,3-5H2,1-2H3,(H,21,24)(H,22,23)/t9-/m0/s1. The number of benzene rings is 1. The second-order valence-corrected chi connectivity index (χ2v) is 8.23. The zero-order valence-corrected chi connectivity index (χ0v) is 16.2. The molecule has 0 unspecified atom stereocenters. The Balaban J connectivity index is 1.96. The average molecular weight is 397 g/mol.